The van der Waals surface area contributed by atoms with E-state index in [9.17, 15) is 21.6 Å². The van der Waals surface area contributed by atoms with Crippen molar-refractivity contribution in [2.24, 2.45) is 0 Å². The van der Waals surface area contributed by atoms with Gasteiger partial charge in [0.25, 0.3) is 0 Å². The van der Waals surface area contributed by atoms with E-state index in [1.165, 1.54) is 7.05 Å². The summed E-state index contributed by atoms with van der Waals surface area (Å²) < 4.78 is 47.5. The van der Waals surface area contributed by atoms with Crippen molar-refractivity contribution in [3.8, 4) is 0 Å². The molecule has 0 bridgehead atoms. The number of hydrogen-bond donors (Lipinski definition) is 1. The topological polar surface area (TPSA) is 109 Å². The maximum Gasteiger partial charge on any atom is 0.304 e. The number of carboxylic acids is 1. The smallest absolute Gasteiger partial charge is 0.304 e. The molecule has 1 rings (SSSR count). The van der Waals surface area contributed by atoms with Crippen LogP contribution in [0.1, 0.15) is 19.3 Å². The third kappa shape index (κ3) is 3.92. The molecule has 0 aromatic heterocycles. The fraction of sp³-hybridized carbons (Fsp3) is 0.889. The van der Waals surface area contributed by atoms with Gasteiger partial charge in [-0.15, -0.1) is 0 Å². The van der Waals surface area contributed by atoms with Crippen molar-refractivity contribution in [3.63, 3.8) is 0 Å². The summed E-state index contributed by atoms with van der Waals surface area (Å²) in [5.41, 5.74) is 0. The Morgan fingerprint density at radius 3 is 2.28 bits per heavy atom. The molecule has 1 saturated heterocycles. The summed E-state index contributed by atoms with van der Waals surface area (Å²) in [6, 6.07) is 0. The van der Waals surface area contributed by atoms with Gasteiger partial charge in [0.15, 0.2) is 0 Å². The largest absolute Gasteiger partial charge is 0.481 e. The molecule has 9 heteroatoms. The Hall–Kier alpha value is -0.670. The van der Waals surface area contributed by atoms with Gasteiger partial charge in [0.1, 0.15) is 9.84 Å². The fourth-order valence-corrected chi connectivity index (χ4v) is 5.28. The molecule has 1 N–H and O–H groups in total. The molecule has 18 heavy (non-hydrogen) atoms. The van der Waals surface area contributed by atoms with Crippen molar-refractivity contribution >= 4 is 25.8 Å². The van der Waals surface area contributed by atoms with Crippen LogP contribution in [0.25, 0.3) is 0 Å². The van der Waals surface area contributed by atoms with Crippen molar-refractivity contribution in [3.05, 3.63) is 0 Å². The molecule has 0 radical (unpaired) electrons. The van der Waals surface area contributed by atoms with E-state index < -0.39 is 31.1 Å². The second kappa shape index (κ2) is 5.54. The Kier molecular flexibility index (Phi) is 4.73. The first kappa shape index (κ1) is 15.4. The number of hydrogen-bond acceptors (Lipinski definition) is 5. The first-order chi connectivity index (χ1) is 8.15. The second-order valence-electron chi connectivity index (χ2n) is 4.36. The fourth-order valence-electron chi connectivity index (χ4n) is 1.80. The van der Waals surface area contributed by atoms with Crippen molar-refractivity contribution in [1.29, 1.82) is 0 Å². The lowest BCUT2D eigenvalue weighted by Gasteiger charge is -2.26. The molecule has 0 amide bonds. The summed E-state index contributed by atoms with van der Waals surface area (Å²) >= 11 is 0. The molecule has 1 fully saturated rings. The first-order valence-electron chi connectivity index (χ1n) is 5.52. The summed E-state index contributed by atoms with van der Waals surface area (Å²) in [5.74, 6) is -1.31. The molecule has 0 aromatic rings. The lowest BCUT2D eigenvalue weighted by molar-refractivity contribution is -0.137. The predicted molar refractivity (Wildman–Crippen MR) is 65.5 cm³/mol. The van der Waals surface area contributed by atoms with Crippen LogP contribution in [0.5, 0.6) is 0 Å². The van der Waals surface area contributed by atoms with E-state index in [1.54, 1.807) is 0 Å². The van der Waals surface area contributed by atoms with Gasteiger partial charge in [-0.2, -0.15) is 0 Å². The van der Waals surface area contributed by atoms with Crippen LogP contribution < -0.4 is 0 Å². The monoisotopic (exact) mass is 299 g/mol. The molecule has 1 aliphatic heterocycles. The third-order valence-corrected chi connectivity index (χ3v) is 7.08. The summed E-state index contributed by atoms with van der Waals surface area (Å²) in [6.45, 7) is -0.0963. The Balaban J connectivity index is 2.67. The maximum absolute atomic E-state index is 12.0. The highest BCUT2D eigenvalue weighted by Crippen LogP contribution is 2.21. The van der Waals surface area contributed by atoms with Crippen LogP contribution in [0.15, 0.2) is 0 Å². The second-order valence-corrected chi connectivity index (χ2v) is 8.98. The molecule has 0 spiro atoms. The van der Waals surface area contributed by atoms with E-state index in [2.05, 4.69) is 0 Å². The average Bonchev–Trinajstić information content (AvgIpc) is 2.25. The Morgan fingerprint density at radius 2 is 1.83 bits per heavy atom. The van der Waals surface area contributed by atoms with Crippen LogP contribution in [-0.2, 0) is 24.7 Å². The number of carboxylic acid groups (broad SMARTS) is 1. The molecular weight excluding hydrogens is 282 g/mol. The van der Waals surface area contributed by atoms with Gasteiger partial charge in [-0.05, 0) is 12.8 Å². The Bertz CT molecular complexity index is 495. The molecule has 0 atom stereocenters. The zero-order valence-corrected chi connectivity index (χ0v) is 11.7. The minimum Gasteiger partial charge on any atom is -0.481 e. The molecular formula is C9H17NO6S2. The van der Waals surface area contributed by atoms with Crippen molar-refractivity contribution < 1.29 is 26.7 Å². The van der Waals surface area contributed by atoms with Gasteiger partial charge in [0.05, 0.1) is 23.2 Å². The minimum absolute atomic E-state index is 0.0854. The molecule has 1 aliphatic rings. The normalized spacial score (nSPS) is 21.0. The number of rotatable bonds is 5. The molecule has 0 aromatic carbocycles. The highest BCUT2D eigenvalue weighted by Gasteiger charge is 2.35. The van der Waals surface area contributed by atoms with E-state index in [0.29, 0.717) is 0 Å². The van der Waals surface area contributed by atoms with Crippen LogP contribution in [0.3, 0.4) is 0 Å². The van der Waals surface area contributed by atoms with Crippen LogP contribution in [0, 0.1) is 0 Å². The zero-order chi connectivity index (χ0) is 14.0. The quantitative estimate of drug-likeness (QED) is 0.719. The zero-order valence-electron chi connectivity index (χ0n) is 10.1. The first-order valence-corrected chi connectivity index (χ1v) is 8.85. The summed E-state index contributed by atoms with van der Waals surface area (Å²) in [4.78, 5) is 10.4. The summed E-state index contributed by atoms with van der Waals surface area (Å²) in [7, 11) is -5.39. The van der Waals surface area contributed by atoms with E-state index in [0.717, 1.165) is 4.31 Å². The van der Waals surface area contributed by atoms with Gasteiger partial charge in [-0.3, -0.25) is 4.79 Å². The SMILES string of the molecule is CN(CCC(=O)O)S(=O)(=O)C1CCS(=O)(=O)CC1. The lowest BCUT2D eigenvalue weighted by atomic mass is 10.2. The van der Waals surface area contributed by atoms with Crippen LogP contribution >= 0.6 is 0 Å². The van der Waals surface area contributed by atoms with Gasteiger partial charge < -0.3 is 5.11 Å². The van der Waals surface area contributed by atoms with E-state index in [1.807, 2.05) is 0 Å². The molecule has 0 unspecified atom stereocenters. The third-order valence-electron chi connectivity index (χ3n) is 3.00. The molecule has 0 saturated carbocycles. The van der Waals surface area contributed by atoms with Crippen LogP contribution in [-0.4, -0.2) is 62.6 Å². The lowest BCUT2D eigenvalue weighted by Crippen LogP contribution is -2.41. The van der Waals surface area contributed by atoms with E-state index >= 15 is 0 Å². The summed E-state index contributed by atoms with van der Waals surface area (Å²) in [6.07, 6.45) is -0.0924. The highest BCUT2D eigenvalue weighted by molar-refractivity contribution is 7.92. The van der Waals surface area contributed by atoms with Gasteiger partial charge in [-0.1, -0.05) is 0 Å². The standard InChI is InChI=1S/C9H17NO6S2/c1-10(5-2-9(11)12)18(15,16)8-3-6-17(13,14)7-4-8/h8H,2-7H2,1H3,(H,11,12). The van der Waals surface area contributed by atoms with Gasteiger partial charge in [-0.25, -0.2) is 21.1 Å². The Morgan fingerprint density at radius 1 is 1.33 bits per heavy atom. The molecule has 7 nitrogen and oxygen atoms in total. The van der Waals surface area contributed by atoms with Crippen molar-refractivity contribution in [1.82, 2.24) is 4.31 Å². The summed E-state index contributed by atoms with van der Waals surface area (Å²) in [5, 5.41) is 7.78. The van der Waals surface area contributed by atoms with Gasteiger partial charge in [0, 0.05) is 13.6 Å². The van der Waals surface area contributed by atoms with Crippen molar-refractivity contribution in [2.75, 3.05) is 25.1 Å². The molecule has 0 aliphatic carbocycles. The maximum atomic E-state index is 12.0. The average molecular weight is 299 g/mol. The number of sulfone groups is 1. The highest BCUT2D eigenvalue weighted by atomic mass is 32.2. The van der Waals surface area contributed by atoms with Gasteiger partial charge in [0.2, 0.25) is 10.0 Å². The molecule has 106 valence electrons. The number of aliphatic carboxylic acids is 1. The van der Waals surface area contributed by atoms with E-state index in [-0.39, 0.29) is 37.3 Å². The number of sulfonamides is 1. The van der Waals surface area contributed by atoms with E-state index in [4.69, 9.17) is 5.11 Å². The molecule has 1 heterocycles. The van der Waals surface area contributed by atoms with Crippen LogP contribution in [0.2, 0.25) is 0 Å². The minimum atomic E-state index is -3.60. The Labute approximate surface area is 107 Å². The number of nitrogens with zero attached hydrogens (tertiary/aromatic N) is 1. The van der Waals surface area contributed by atoms with Crippen LogP contribution in [0.4, 0.5) is 0 Å². The van der Waals surface area contributed by atoms with Gasteiger partial charge >= 0.3 is 5.97 Å². The van der Waals surface area contributed by atoms with Crippen molar-refractivity contribution in [2.45, 2.75) is 24.5 Å². The predicted octanol–water partition coefficient (Wildman–Crippen LogP) is -0.700. The number of carbonyl (C=O) groups is 1.